The minimum Gasteiger partial charge on any atom is -1.00 e. The number of pyridine rings is 1. The lowest BCUT2D eigenvalue weighted by Gasteiger charge is -2.15. The van der Waals surface area contributed by atoms with Gasteiger partial charge in [0.25, 0.3) is 0 Å². The average molecular weight is 383 g/mol. The van der Waals surface area contributed by atoms with Crippen LogP contribution in [0.3, 0.4) is 0 Å². The summed E-state index contributed by atoms with van der Waals surface area (Å²) >= 11 is 0. The molecule has 0 N–H and O–H groups in total. The molecular weight excluding hydrogens is 358 g/mol. The van der Waals surface area contributed by atoms with E-state index in [1.54, 1.807) is 20.2 Å². The zero-order valence-corrected chi connectivity index (χ0v) is 15.5. The summed E-state index contributed by atoms with van der Waals surface area (Å²) in [5.41, 5.74) is 0. The van der Waals surface area contributed by atoms with Crippen molar-refractivity contribution in [1.82, 2.24) is 9.80 Å². The van der Waals surface area contributed by atoms with Gasteiger partial charge in [-0.1, -0.05) is 13.8 Å². The Morgan fingerprint density at radius 3 is 2.43 bits per heavy atom. The molecule has 1 aromatic heterocycles. The van der Waals surface area contributed by atoms with Crippen molar-refractivity contribution in [3.05, 3.63) is 24.5 Å². The maximum atomic E-state index is 11.5. The summed E-state index contributed by atoms with van der Waals surface area (Å²) in [6, 6.07) is 3.68. The molecule has 21 heavy (non-hydrogen) atoms. The molecule has 1 amide bonds. The maximum absolute atomic E-state index is 11.5. The summed E-state index contributed by atoms with van der Waals surface area (Å²) in [6.45, 7) is 8.28. The predicted octanol–water partition coefficient (Wildman–Crippen LogP) is -1.20. The van der Waals surface area contributed by atoms with Gasteiger partial charge >= 0.3 is 6.09 Å². The van der Waals surface area contributed by atoms with Crippen LogP contribution in [-0.4, -0.2) is 49.6 Å². The highest BCUT2D eigenvalue weighted by atomic mass is 79.9. The quantitative estimate of drug-likeness (QED) is 0.580. The van der Waals surface area contributed by atoms with Crippen molar-refractivity contribution < 1.29 is 31.1 Å². The first-order valence-electron chi connectivity index (χ1n) is 6.67. The zero-order valence-electron chi connectivity index (χ0n) is 13.1. The van der Waals surface area contributed by atoms with Gasteiger partial charge in [0.1, 0.15) is 0 Å². The molecule has 1 heterocycles. The molecule has 1 rings (SSSR count). The summed E-state index contributed by atoms with van der Waals surface area (Å²) in [4.78, 5) is 15.2. The van der Waals surface area contributed by atoms with Crippen molar-refractivity contribution in [2.24, 2.45) is 0 Å². The minimum atomic E-state index is -0.360. The fourth-order valence-corrected chi connectivity index (χ4v) is 1.69. The van der Waals surface area contributed by atoms with E-state index in [2.05, 4.69) is 18.7 Å². The Morgan fingerprint density at radius 2 is 1.90 bits per heavy atom. The van der Waals surface area contributed by atoms with Gasteiger partial charge in [0, 0.05) is 20.2 Å². The number of amides is 1. The first-order valence-corrected chi connectivity index (χ1v) is 6.67. The number of halogens is 2. The summed E-state index contributed by atoms with van der Waals surface area (Å²) in [7, 11) is 3.33. The van der Waals surface area contributed by atoms with Gasteiger partial charge in [0.15, 0.2) is 18.5 Å². The molecule has 0 aliphatic rings. The zero-order chi connectivity index (χ0) is 14.3. The number of aromatic nitrogens is 1. The highest BCUT2D eigenvalue weighted by Crippen LogP contribution is 2.06. The van der Waals surface area contributed by atoms with Crippen LogP contribution in [0.1, 0.15) is 13.8 Å². The molecule has 0 fully saturated rings. The fourth-order valence-electron chi connectivity index (χ4n) is 1.69. The lowest BCUT2D eigenvalue weighted by molar-refractivity contribution is -0.696. The number of hydrogen-bond donors (Lipinski definition) is 0. The Hall–Kier alpha value is -0.850. The molecule has 0 spiro atoms. The predicted molar refractivity (Wildman–Crippen MR) is 81.4 cm³/mol. The molecule has 0 aliphatic carbocycles. The number of carbonyl (C=O) groups is 1. The Balaban J connectivity index is 0. The van der Waals surface area contributed by atoms with Gasteiger partial charge in [-0.2, -0.15) is 0 Å². The van der Waals surface area contributed by atoms with E-state index < -0.39 is 0 Å². The van der Waals surface area contributed by atoms with E-state index in [4.69, 9.17) is 4.74 Å². The summed E-state index contributed by atoms with van der Waals surface area (Å²) < 4.78 is 7.27. The van der Waals surface area contributed by atoms with Crippen LogP contribution >= 0.6 is 12.4 Å². The summed E-state index contributed by atoms with van der Waals surface area (Å²) in [5.74, 6) is 0.570. The van der Waals surface area contributed by atoms with Crippen molar-refractivity contribution in [2.75, 3.05) is 33.7 Å². The first kappa shape index (κ1) is 22.4. The Labute approximate surface area is 144 Å². The minimum absolute atomic E-state index is 0. The van der Waals surface area contributed by atoms with Crippen LogP contribution in [0.2, 0.25) is 0 Å². The molecule has 0 unspecified atom stereocenters. The van der Waals surface area contributed by atoms with Gasteiger partial charge in [-0.05, 0) is 19.2 Å². The van der Waals surface area contributed by atoms with Crippen LogP contribution in [0.15, 0.2) is 24.5 Å². The van der Waals surface area contributed by atoms with Gasteiger partial charge in [-0.25, -0.2) is 9.36 Å². The second-order valence-electron chi connectivity index (χ2n) is 4.57. The molecule has 0 radical (unpaired) electrons. The summed E-state index contributed by atoms with van der Waals surface area (Å²) in [6.07, 6.45) is 3.47. The number of ether oxygens (including phenoxy) is 1. The van der Waals surface area contributed by atoms with E-state index in [0.29, 0.717) is 5.75 Å². The second-order valence-corrected chi connectivity index (χ2v) is 4.57. The molecule has 0 bridgehead atoms. The molecule has 1 aromatic rings. The van der Waals surface area contributed by atoms with Crippen molar-refractivity contribution in [2.45, 2.75) is 20.4 Å². The van der Waals surface area contributed by atoms with Crippen molar-refractivity contribution in [3.8, 4) is 5.75 Å². The number of rotatable bonds is 6. The third kappa shape index (κ3) is 8.24. The van der Waals surface area contributed by atoms with Crippen LogP contribution < -0.4 is 26.3 Å². The smallest absolute Gasteiger partial charge is 0.414 e. The molecule has 0 saturated heterocycles. The first-order chi connectivity index (χ1) is 9.06. The standard InChI is InChI=1S/C14H24N3O2.BrH.ClH/c1-5-16(6-2)10-11-17-9-7-8-13(12-17)19-14(18)15(3)4;;/h7-9,12H,5-6,10-11H2,1-4H3;2*1H/q+1;;/p-1. The van der Waals surface area contributed by atoms with Gasteiger partial charge < -0.3 is 26.6 Å². The molecular formula is C14H25BrClN3O2. The Kier molecular flexibility index (Phi) is 12.6. The number of nitrogens with zero attached hydrogens (tertiary/aromatic N) is 3. The maximum Gasteiger partial charge on any atom is 0.414 e. The molecule has 0 aromatic carbocycles. The lowest BCUT2D eigenvalue weighted by Crippen LogP contribution is -3.00. The van der Waals surface area contributed by atoms with Gasteiger partial charge in [0.2, 0.25) is 6.20 Å². The van der Waals surface area contributed by atoms with Crippen molar-refractivity contribution >= 4 is 18.5 Å². The molecule has 5 nitrogen and oxygen atoms in total. The van der Waals surface area contributed by atoms with Crippen LogP contribution in [0.5, 0.6) is 5.75 Å². The SMILES string of the molecule is CCN(CC)CC[n+]1cccc(OC(=O)N(C)C)c1.Cl.[Br-]. The lowest BCUT2D eigenvalue weighted by atomic mass is 10.4. The molecule has 7 heteroatoms. The molecule has 0 saturated carbocycles. The van der Waals surface area contributed by atoms with Gasteiger partial charge in [-0.3, -0.25) is 4.90 Å². The Bertz CT molecular complexity index is 415. The second kappa shape index (κ2) is 11.8. The normalized spacial score (nSPS) is 9.57. The highest BCUT2D eigenvalue weighted by molar-refractivity contribution is 5.85. The molecule has 122 valence electrons. The van der Waals surface area contributed by atoms with Gasteiger partial charge in [0.05, 0.1) is 6.54 Å². The van der Waals surface area contributed by atoms with Crippen LogP contribution in [-0.2, 0) is 6.54 Å². The van der Waals surface area contributed by atoms with E-state index in [-0.39, 0.29) is 35.5 Å². The largest absolute Gasteiger partial charge is 1.00 e. The highest BCUT2D eigenvalue weighted by Gasteiger charge is 2.10. The van der Waals surface area contributed by atoms with E-state index in [1.165, 1.54) is 4.90 Å². The third-order valence-electron chi connectivity index (χ3n) is 2.97. The monoisotopic (exact) mass is 381 g/mol. The van der Waals surface area contributed by atoms with E-state index >= 15 is 0 Å². The van der Waals surface area contributed by atoms with Crippen molar-refractivity contribution in [3.63, 3.8) is 0 Å². The average Bonchev–Trinajstić information content (AvgIpc) is 2.40. The number of hydrogen-bond acceptors (Lipinski definition) is 3. The van der Waals surface area contributed by atoms with Crippen LogP contribution in [0.4, 0.5) is 4.79 Å². The van der Waals surface area contributed by atoms with Crippen LogP contribution in [0, 0.1) is 0 Å². The number of likely N-dealkylation sites (N-methyl/N-ethyl adjacent to an activating group) is 1. The Morgan fingerprint density at radius 1 is 1.29 bits per heavy atom. The summed E-state index contributed by atoms with van der Waals surface area (Å²) in [5, 5.41) is 0. The van der Waals surface area contributed by atoms with E-state index in [9.17, 15) is 4.79 Å². The number of carbonyl (C=O) groups excluding carboxylic acids is 1. The van der Waals surface area contributed by atoms with E-state index in [0.717, 1.165) is 26.2 Å². The van der Waals surface area contributed by atoms with Gasteiger partial charge in [-0.15, -0.1) is 12.4 Å². The van der Waals surface area contributed by atoms with E-state index in [1.807, 2.05) is 23.0 Å². The van der Waals surface area contributed by atoms with Crippen LogP contribution in [0.25, 0.3) is 0 Å². The topological polar surface area (TPSA) is 36.7 Å². The molecule has 0 aliphatic heterocycles. The fraction of sp³-hybridized carbons (Fsp3) is 0.571. The molecule has 0 atom stereocenters. The third-order valence-corrected chi connectivity index (χ3v) is 2.97. The van der Waals surface area contributed by atoms with Crippen molar-refractivity contribution in [1.29, 1.82) is 0 Å².